The Morgan fingerprint density at radius 1 is 1.19 bits per heavy atom. The van der Waals surface area contributed by atoms with Gasteiger partial charge in [-0.3, -0.25) is 10.2 Å². The molecule has 2 aromatic carbocycles. The molecule has 4 N–H and O–H groups in total. The Hall–Kier alpha value is -3.00. The lowest BCUT2D eigenvalue weighted by molar-refractivity contribution is -0.131. The Morgan fingerprint density at radius 3 is 2.46 bits per heavy atom. The highest BCUT2D eigenvalue weighted by atomic mass is 19.1. The van der Waals surface area contributed by atoms with Crippen LogP contribution in [0.1, 0.15) is 22.8 Å². The molecule has 1 amide bonds. The number of benzene rings is 2. The summed E-state index contributed by atoms with van der Waals surface area (Å²) in [6.45, 7) is 0.00553. The molecule has 0 unspecified atom stereocenters. The average Bonchev–Trinajstić information content (AvgIpc) is 2.61. The third kappa shape index (κ3) is 4.34. The van der Waals surface area contributed by atoms with Crippen LogP contribution in [0.15, 0.2) is 36.4 Å². The molecule has 0 heterocycles. The van der Waals surface area contributed by atoms with Crippen LogP contribution in [-0.2, 0) is 16.1 Å². The highest BCUT2D eigenvalue weighted by molar-refractivity contribution is 5.95. The fraction of sp³-hybridized carbons (Fsp3) is 0.222. The maximum absolute atomic E-state index is 14.1. The lowest BCUT2D eigenvalue weighted by atomic mass is 10.1. The van der Waals surface area contributed by atoms with Crippen LogP contribution in [-0.4, -0.2) is 26.0 Å². The summed E-state index contributed by atoms with van der Waals surface area (Å²) in [6.07, 6.45) is -1.16. The topological polar surface area (TPSA) is 97.4 Å². The van der Waals surface area contributed by atoms with Crippen molar-refractivity contribution in [3.63, 3.8) is 0 Å². The van der Waals surface area contributed by atoms with E-state index < -0.39 is 23.6 Å². The second-order valence-electron chi connectivity index (χ2n) is 5.45. The maximum Gasteiger partial charge on any atom is 0.254 e. The van der Waals surface area contributed by atoms with Gasteiger partial charge in [-0.1, -0.05) is 6.07 Å². The van der Waals surface area contributed by atoms with Gasteiger partial charge in [0.05, 0.1) is 12.7 Å². The molecule has 0 saturated carbocycles. The summed E-state index contributed by atoms with van der Waals surface area (Å²) in [5, 5.41) is 9.82. The van der Waals surface area contributed by atoms with Crippen molar-refractivity contribution >= 4 is 11.7 Å². The number of carbonyl (C=O) groups is 1. The minimum Gasteiger partial charge on any atom is -0.497 e. The van der Waals surface area contributed by atoms with Gasteiger partial charge >= 0.3 is 0 Å². The molecule has 0 saturated heterocycles. The summed E-state index contributed by atoms with van der Waals surface area (Å²) in [7, 11) is 2.70. The Morgan fingerprint density at radius 2 is 1.92 bits per heavy atom. The molecule has 2 rings (SSSR count). The van der Waals surface area contributed by atoms with E-state index in [1.54, 1.807) is 0 Å². The average molecular weight is 363 g/mol. The summed E-state index contributed by atoms with van der Waals surface area (Å²) in [4.78, 5) is 12.3. The van der Waals surface area contributed by atoms with Crippen LogP contribution in [0.25, 0.3) is 0 Å². The molecule has 138 valence electrons. The van der Waals surface area contributed by atoms with Gasteiger partial charge in [-0.25, -0.2) is 8.78 Å². The van der Waals surface area contributed by atoms with Crippen LogP contribution in [0.4, 0.5) is 8.78 Å². The molecule has 6 nitrogen and oxygen atoms in total. The first-order valence-corrected chi connectivity index (χ1v) is 7.64. The van der Waals surface area contributed by atoms with Gasteiger partial charge in [0.15, 0.2) is 6.10 Å². The van der Waals surface area contributed by atoms with Gasteiger partial charge in [0.25, 0.3) is 5.91 Å². The van der Waals surface area contributed by atoms with Gasteiger partial charge in [0.2, 0.25) is 0 Å². The van der Waals surface area contributed by atoms with Gasteiger partial charge in [-0.15, -0.1) is 0 Å². The largest absolute Gasteiger partial charge is 0.497 e. The molecule has 0 aliphatic heterocycles. The van der Waals surface area contributed by atoms with Crippen LogP contribution in [0, 0.1) is 17.0 Å². The molecule has 8 heteroatoms. The first kappa shape index (κ1) is 19.3. The fourth-order valence-corrected chi connectivity index (χ4v) is 2.39. The number of nitrogens with one attached hydrogen (secondary N) is 2. The van der Waals surface area contributed by atoms with Crippen LogP contribution in [0.5, 0.6) is 5.75 Å². The lowest BCUT2D eigenvalue weighted by Crippen LogP contribution is -2.30. The van der Waals surface area contributed by atoms with Crippen molar-refractivity contribution in [2.45, 2.75) is 12.6 Å². The molecule has 26 heavy (non-hydrogen) atoms. The van der Waals surface area contributed by atoms with Crippen molar-refractivity contribution in [1.82, 2.24) is 5.32 Å². The van der Waals surface area contributed by atoms with Gasteiger partial charge < -0.3 is 20.5 Å². The van der Waals surface area contributed by atoms with E-state index in [9.17, 15) is 13.6 Å². The van der Waals surface area contributed by atoms with Crippen molar-refractivity contribution in [2.24, 2.45) is 5.73 Å². The first-order chi connectivity index (χ1) is 12.4. The number of ether oxygens (including phenoxy) is 2. The van der Waals surface area contributed by atoms with Crippen molar-refractivity contribution in [3.05, 3.63) is 64.7 Å². The van der Waals surface area contributed by atoms with E-state index in [4.69, 9.17) is 20.6 Å². The van der Waals surface area contributed by atoms with Crippen LogP contribution in [0.3, 0.4) is 0 Å². The lowest BCUT2D eigenvalue weighted by Gasteiger charge is -2.17. The maximum atomic E-state index is 14.1. The second-order valence-corrected chi connectivity index (χ2v) is 5.45. The van der Waals surface area contributed by atoms with E-state index in [0.717, 1.165) is 6.07 Å². The van der Waals surface area contributed by atoms with Crippen molar-refractivity contribution < 1.29 is 23.0 Å². The predicted octanol–water partition coefficient (Wildman–Crippen LogP) is 2.26. The highest BCUT2D eigenvalue weighted by Crippen LogP contribution is 2.24. The Kier molecular flexibility index (Phi) is 6.24. The van der Waals surface area contributed by atoms with E-state index in [-0.39, 0.29) is 23.5 Å². The summed E-state index contributed by atoms with van der Waals surface area (Å²) in [5.41, 5.74) is 5.76. The fourth-order valence-electron chi connectivity index (χ4n) is 2.39. The number of amidine groups is 1. The molecule has 0 bridgehead atoms. The normalized spacial score (nSPS) is 11.7. The number of amides is 1. The van der Waals surface area contributed by atoms with Crippen LogP contribution >= 0.6 is 0 Å². The van der Waals surface area contributed by atoms with E-state index in [2.05, 4.69) is 5.32 Å². The standard InChI is InChI=1S/C18H19F2N3O3/c1-25-11-4-6-12(15(20)8-11)16(26-2)18(24)23-9-10-3-5-13(17(21)22)14(19)7-10/h3-8,16H,9H2,1-2H3,(H3,21,22)(H,23,24)/t16-/m0/s1. The molecule has 0 aromatic heterocycles. The quantitative estimate of drug-likeness (QED) is 0.519. The minimum atomic E-state index is -1.16. The molecule has 0 aliphatic carbocycles. The summed E-state index contributed by atoms with van der Waals surface area (Å²) >= 11 is 0. The highest BCUT2D eigenvalue weighted by Gasteiger charge is 2.23. The summed E-state index contributed by atoms with van der Waals surface area (Å²) in [5.74, 6) is -1.93. The first-order valence-electron chi connectivity index (χ1n) is 7.64. The number of nitrogen functional groups attached to an aromatic ring is 1. The third-order valence-corrected chi connectivity index (χ3v) is 3.75. The van der Waals surface area contributed by atoms with E-state index in [1.807, 2.05) is 0 Å². The number of nitrogens with two attached hydrogens (primary N) is 1. The Bertz CT molecular complexity index is 827. The molecule has 0 aliphatic rings. The zero-order chi connectivity index (χ0) is 19.3. The van der Waals surface area contributed by atoms with E-state index in [1.165, 1.54) is 44.6 Å². The predicted molar refractivity (Wildman–Crippen MR) is 92.0 cm³/mol. The van der Waals surface area contributed by atoms with Gasteiger partial charge in [0.1, 0.15) is 23.2 Å². The SMILES string of the molecule is COc1ccc([C@H](OC)C(=O)NCc2ccc(C(=N)N)c(F)c2)c(F)c1. The van der Waals surface area contributed by atoms with Gasteiger partial charge in [-0.05, 0) is 29.8 Å². The monoisotopic (exact) mass is 363 g/mol. The Labute approximate surface area is 149 Å². The number of rotatable bonds is 7. The summed E-state index contributed by atoms with van der Waals surface area (Å²) in [6, 6.07) is 8.15. The molecule has 0 spiro atoms. The van der Waals surface area contributed by atoms with Gasteiger partial charge in [-0.2, -0.15) is 0 Å². The van der Waals surface area contributed by atoms with Crippen molar-refractivity contribution in [2.75, 3.05) is 14.2 Å². The van der Waals surface area contributed by atoms with Crippen molar-refractivity contribution in [3.8, 4) is 5.75 Å². The number of halogens is 2. The molecule has 1 atom stereocenters. The molecular formula is C18H19F2N3O3. The van der Waals surface area contributed by atoms with Gasteiger partial charge in [0, 0.05) is 25.3 Å². The molecular weight excluding hydrogens is 344 g/mol. The molecule has 0 radical (unpaired) electrons. The number of hydrogen-bond acceptors (Lipinski definition) is 4. The van der Waals surface area contributed by atoms with Crippen LogP contribution < -0.4 is 15.8 Å². The zero-order valence-corrected chi connectivity index (χ0v) is 14.3. The number of carbonyl (C=O) groups excluding carboxylic acids is 1. The Balaban J connectivity index is 2.10. The van der Waals surface area contributed by atoms with Crippen molar-refractivity contribution in [1.29, 1.82) is 5.41 Å². The number of methoxy groups -OCH3 is 2. The van der Waals surface area contributed by atoms with E-state index >= 15 is 0 Å². The molecule has 2 aromatic rings. The third-order valence-electron chi connectivity index (χ3n) is 3.75. The van der Waals surface area contributed by atoms with E-state index in [0.29, 0.717) is 11.3 Å². The minimum absolute atomic E-state index is 0.00553. The second kappa shape index (κ2) is 8.39. The number of hydrogen-bond donors (Lipinski definition) is 3. The molecule has 0 fully saturated rings. The van der Waals surface area contributed by atoms with Crippen LogP contribution in [0.2, 0.25) is 0 Å². The summed E-state index contributed by atoms with van der Waals surface area (Å²) < 4.78 is 38.0. The smallest absolute Gasteiger partial charge is 0.254 e. The zero-order valence-electron chi connectivity index (χ0n) is 14.3.